The average molecular weight is 424 g/mol. The fourth-order valence-corrected chi connectivity index (χ4v) is 4.10. The van der Waals surface area contributed by atoms with E-state index < -0.39 is 0 Å². The van der Waals surface area contributed by atoms with Crippen LogP contribution >= 0.6 is 11.6 Å². The van der Waals surface area contributed by atoms with Gasteiger partial charge < -0.3 is 9.64 Å². The van der Waals surface area contributed by atoms with Gasteiger partial charge in [-0.1, -0.05) is 42.8 Å². The van der Waals surface area contributed by atoms with Gasteiger partial charge in [-0.15, -0.1) is 0 Å². The van der Waals surface area contributed by atoms with Gasteiger partial charge in [0.2, 0.25) is 0 Å². The van der Waals surface area contributed by atoms with Gasteiger partial charge in [0.15, 0.2) is 0 Å². The van der Waals surface area contributed by atoms with Crippen LogP contribution in [0.4, 0.5) is 0 Å². The van der Waals surface area contributed by atoms with Crippen molar-refractivity contribution in [1.29, 1.82) is 0 Å². The zero-order valence-electron chi connectivity index (χ0n) is 17.7. The zero-order valence-corrected chi connectivity index (χ0v) is 18.5. The second kappa shape index (κ2) is 7.80. The molecule has 6 heteroatoms. The van der Waals surface area contributed by atoms with Crippen molar-refractivity contribution in [3.05, 3.63) is 70.4 Å². The number of halogens is 1. The third-order valence-electron chi connectivity index (χ3n) is 5.26. The number of nitrogens with zero attached hydrogens (tertiary/aromatic N) is 2. The molecule has 1 unspecified atom stereocenters. The van der Waals surface area contributed by atoms with E-state index in [1.54, 1.807) is 0 Å². The highest BCUT2D eigenvalue weighted by Gasteiger charge is 2.46. The van der Waals surface area contributed by atoms with Gasteiger partial charge in [0.25, 0.3) is 5.91 Å². The third-order valence-corrected chi connectivity index (χ3v) is 5.51. The minimum absolute atomic E-state index is 0.0462. The number of amides is 1. The number of fused-ring (bicyclic) bond motifs is 1. The van der Waals surface area contributed by atoms with Gasteiger partial charge in [-0.2, -0.15) is 5.10 Å². The standard InChI is InChI=1S/C24H26ClN3O2/c1-5-13-30-18-8-6-7-16(14-18)22-19-20(15-9-11-17(25)12-10-15)26-27-21(19)23(29)28(22)24(2,3)4/h6-12,14,22H,5,13H2,1-4H3,(H,26,27). The van der Waals surface area contributed by atoms with Gasteiger partial charge in [-0.3, -0.25) is 9.89 Å². The van der Waals surface area contributed by atoms with E-state index in [2.05, 4.69) is 37.9 Å². The Kier molecular flexibility index (Phi) is 5.33. The first-order valence-electron chi connectivity index (χ1n) is 10.2. The van der Waals surface area contributed by atoms with Crippen LogP contribution in [0.15, 0.2) is 48.5 Å². The van der Waals surface area contributed by atoms with Crippen LogP contribution in [0.3, 0.4) is 0 Å². The van der Waals surface area contributed by atoms with Crippen LogP contribution in [0.25, 0.3) is 11.3 Å². The van der Waals surface area contributed by atoms with Crippen LogP contribution in [0.2, 0.25) is 5.02 Å². The van der Waals surface area contributed by atoms with Gasteiger partial charge >= 0.3 is 0 Å². The molecule has 0 aliphatic carbocycles. The number of benzene rings is 2. The van der Waals surface area contributed by atoms with E-state index in [0.717, 1.165) is 34.6 Å². The molecule has 5 nitrogen and oxygen atoms in total. The maximum atomic E-state index is 13.4. The number of aromatic nitrogens is 2. The second-order valence-electron chi connectivity index (χ2n) is 8.54. The highest BCUT2D eigenvalue weighted by atomic mass is 35.5. The highest BCUT2D eigenvalue weighted by Crippen LogP contribution is 2.46. The zero-order chi connectivity index (χ0) is 21.5. The van der Waals surface area contributed by atoms with Crippen molar-refractivity contribution < 1.29 is 9.53 Å². The first-order valence-corrected chi connectivity index (χ1v) is 10.6. The first kappa shape index (κ1) is 20.5. The summed E-state index contributed by atoms with van der Waals surface area (Å²) in [5, 5.41) is 8.16. The lowest BCUT2D eigenvalue weighted by Gasteiger charge is -2.37. The minimum atomic E-state index is -0.376. The molecule has 2 heterocycles. The molecule has 1 aliphatic heterocycles. The summed E-state index contributed by atoms with van der Waals surface area (Å²) in [6, 6.07) is 15.3. The summed E-state index contributed by atoms with van der Waals surface area (Å²) in [5.74, 6) is 0.760. The highest BCUT2D eigenvalue weighted by molar-refractivity contribution is 6.30. The number of ether oxygens (including phenoxy) is 1. The Bertz CT molecular complexity index is 1070. The fourth-order valence-electron chi connectivity index (χ4n) is 3.98. The monoisotopic (exact) mass is 423 g/mol. The van der Waals surface area contributed by atoms with E-state index in [9.17, 15) is 4.79 Å². The van der Waals surface area contributed by atoms with E-state index >= 15 is 0 Å². The van der Waals surface area contributed by atoms with Crippen LogP contribution in [0.5, 0.6) is 5.75 Å². The average Bonchev–Trinajstić information content (AvgIpc) is 3.26. The van der Waals surface area contributed by atoms with Crippen molar-refractivity contribution in [2.45, 2.75) is 45.7 Å². The molecule has 1 atom stereocenters. The predicted molar refractivity (Wildman–Crippen MR) is 119 cm³/mol. The summed E-state index contributed by atoms with van der Waals surface area (Å²) >= 11 is 6.08. The lowest BCUT2D eigenvalue weighted by atomic mass is 9.93. The Balaban J connectivity index is 1.87. The van der Waals surface area contributed by atoms with Gasteiger partial charge in [0.1, 0.15) is 11.4 Å². The van der Waals surface area contributed by atoms with Crippen LogP contribution in [-0.2, 0) is 0 Å². The molecule has 3 aromatic rings. The maximum Gasteiger partial charge on any atom is 0.273 e. The number of hydrogen-bond donors (Lipinski definition) is 1. The number of hydrogen-bond acceptors (Lipinski definition) is 3. The number of rotatable bonds is 5. The van der Waals surface area contributed by atoms with Crippen LogP contribution < -0.4 is 4.74 Å². The summed E-state index contributed by atoms with van der Waals surface area (Å²) in [6.07, 6.45) is 0.937. The maximum absolute atomic E-state index is 13.4. The Morgan fingerprint density at radius 3 is 2.57 bits per heavy atom. The van der Waals surface area contributed by atoms with Crippen LogP contribution in [-0.4, -0.2) is 33.2 Å². The van der Waals surface area contributed by atoms with Crippen molar-refractivity contribution in [3.63, 3.8) is 0 Å². The molecule has 0 spiro atoms. The number of H-pyrrole nitrogens is 1. The van der Waals surface area contributed by atoms with Crippen molar-refractivity contribution >= 4 is 17.5 Å². The van der Waals surface area contributed by atoms with Gasteiger partial charge in [0.05, 0.1) is 18.3 Å². The Morgan fingerprint density at radius 2 is 1.90 bits per heavy atom. The van der Waals surface area contributed by atoms with E-state index in [1.165, 1.54) is 0 Å². The second-order valence-corrected chi connectivity index (χ2v) is 8.97. The normalized spacial score (nSPS) is 16.1. The van der Waals surface area contributed by atoms with Gasteiger partial charge in [0, 0.05) is 21.7 Å². The predicted octanol–water partition coefficient (Wildman–Crippen LogP) is 5.86. The van der Waals surface area contributed by atoms with Crippen molar-refractivity contribution in [3.8, 4) is 17.0 Å². The molecule has 1 amide bonds. The Morgan fingerprint density at radius 1 is 1.17 bits per heavy atom. The lowest BCUT2D eigenvalue weighted by Crippen LogP contribution is -2.44. The Hall–Kier alpha value is -2.79. The summed E-state index contributed by atoms with van der Waals surface area (Å²) in [4.78, 5) is 15.3. The molecule has 4 rings (SSSR count). The van der Waals surface area contributed by atoms with Crippen molar-refractivity contribution in [2.24, 2.45) is 0 Å². The molecule has 1 aliphatic rings. The molecule has 0 saturated heterocycles. The largest absolute Gasteiger partial charge is 0.494 e. The smallest absolute Gasteiger partial charge is 0.273 e. The number of carbonyl (C=O) groups is 1. The quantitative estimate of drug-likeness (QED) is 0.558. The van der Waals surface area contributed by atoms with Crippen molar-refractivity contribution in [2.75, 3.05) is 6.61 Å². The molecule has 2 aromatic carbocycles. The summed E-state index contributed by atoms with van der Waals surface area (Å²) in [7, 11) is 0. The van der Waals surface area contributed by atoms with Gasteiger partial charge in [-0.25, -0.2) is 0 Å². The van der Waals surface area contributed by atoms with Crippen LogP contribution in [0, 0.1) is 0 Å². The minimum Gasteiger partial charge on any atom is -0.494 e. The molecule has 156 valence electrons. The van der Waals surface area contributed by atoms with E-state index in [4.69, 9.17) is 16.3 Å². The summed E-state index contributed by atoms with van der Waals surface area (Å²) < 4.78 is 5.86. The van der Waals surface area contributed by atoms with E-state index in [-0.39, 0.29) is 17.5 Å². The number of nitrogens with one attached hydrogen (secondary N) is 1. The number of carbonyl (C=O) groups excluding carboxylic acids is 1. The third kappa shape index (κ3) is 3.58. The molecule has 0 saturated carbocycles. The summed E-state index contributed by atoms with van der Waals surface area (Å²) in [6.45, 7) is 8.89. The summed E-state index contributed by atoms with van der Waals surface area (Å²) in [5.41, 5.74) is 3.75. The van der Waals surface area contributed by atoms with E-state index in [0.29, 0.717) is 17.3 Å². The molecular formula is C24H26ClN3O2. The molecule has 0 radical (unpaired) electrons. The Labute approximate surface area is 182 Å². The van der Waals surface area contributed by atoms with Crippen molar-refractivity contribution in [1.82, 2.24) is 15.1 Å². The lowest BCUT2D eigenvalue weighted by molar-refractivity contribution is 0.0545. The molecule has 1 N–H and O–H groups in total. The molecular weight excluding hydrogens is 398 g/mol. The number of aromatic amines is 1. The molecule has 30 heavy (non-hydrogen) atoms. The molecule has 0 bridgehead atoms. The molecule has 1 aromatic heterocycles. The van der Waals surface area contributed by atoms with Crippen LogP contribution in [0.1, 0.15) is 61.8 Å². The topological polar surface area (TPSA) is 58.2 Å². The van der Waals surface area contributed by atoms with Gasteiger partial charge in [-0.05, 0) is 57.0 Å². The fraction of sp³-hybridized carbons (Fsp3) is 0.333. The SMILES string of the molecule is CCCOc1cccc(C2c3c(-c4ccc(Cl)cc4)n[nH]c3C(=O)N2C(C)(C)C)c1. The molecule has 0 fully saturated rings. The van der Waals surface area contributed by atoms with E-state index in [1.807, 2.05) is 53.4 Å². The first-order chi connectivity index (χ1) is 14.3.